The summed E-state index contributed by atoms with van der Waals surface area (Å²) in [4.78, 5) is 28.6. The number of amides is 3. The summed E-state index contributed by atoms with van der Waals surface area (Å²) < 4.78 is 47.9. The van der Waals surface area contributed by atoms with Crippen LogP contribution >= 0.6 is 0 Å². The summed E-state index contributed by atoms with van der Waals surface area (Å²) >= 11 is 0. The summed E-state index contributed by atoms with van der Waals surface area (Å²) in [6.45, 7) is 4.33. The number of hydrogen-bond donors (Lipinski definition) is 2. The molecule has 204 valence electrons. The Morgan fingerprint density at radius 3 is 2.78 bits per heavy atom. The van der Waals surface area contributed by atoms with Gasteiger partial charge in [0.05, 0.1) is 48.5 Å². The number of ether oxygens (including phenoxy) is 1. The number of benzene rings is 1. The van der Waals surface area contributed by atoms with Crippen LogP contribution in [-0.2, 0) is 28.9 Å². The van der Waals surface area contributed by atoms with Crippen LogP contribution in [0.3, 0.4) is 0 Å². The molecule has 13 heteroatoms. The number of aromatic nitrogens is 3. The van der Waals surface area contributed by atoms with Crippen LogP contribution in [-0.4, -0.2) is 80.7 Å². The Labute approximate surface area is 213 Å². The Hall–Kier alpha value is -3.19. The molecule has 0 bridgehead atoms. The van der Waals surface area contributed by atoms with E-state index in [4.69, 9.17) is 4.74 Å². The number of alkyl halides is 3. The van der Waals surface area contributed by atoms with Crippen LogP contribution in [0.2, 0.25) is 0 Å². The van der Waals surface area contributed by atoms with Gasteiger partial charge in [-0.05, 0) is 25.5 Å². The summed E-state index contributed by atoms with van der Waals surface area (Å²) in [6.07, 6.45) is -2.82. The van der Waals surface area contributed by atoms with Crippen molar-refractivity contribution in [1.29, 1.82) is 0 Å². The van der Waals surface area contributed by atoms with E-state index in [0.717, 1.165) is 6.07 Å². The van der Waals surface area contributed by atoms with Crippen molar-refractivity contribution in [3.05, 3.63) is 41.7 Å². The van der Waals surface area contributed by atoms with Crippen molar-refractivity contribution in [3.63, 3.8) is 0 Å². The number of nitrogens with zero attached hydrogens (tertiary/aromatic N) is 5. The minimum absolute atomic E-state index is 0.0400. The zero-order valence-corrected chi connectivity index (χ0v) is 21.1. The second-order valence-corrected chi connectivity index (χ2v) is 9.31. The Morgan fingerprint density at radius 1 is 1.35 bits per heavy atom. The minimum atomic E-state index is -4.62. The number of aliphatic hydroxyl groups excluding tert-OH is 1. The highest BCUT2D eigenvalue weighted by atomic mass is 19.4. The molecule has 1 aromatic heterocycles. The predicted molar refractivity (Wildman–Crippen MR) is 128 cm³/mol. The van der Waals surface area contributed by atoms with E-state index in [-0.39, 0.29) is 50.2 Å². The van der Waals surface area contributed by atoms with E-state index in [1.165, 1.54) is 30.1 Å². The predicted octanol–water partition coefficient (Wildman–Crippen LogP) is 2.99. The topological polar surface area (TPSA) is 113 Å². The first-order chi connectivity index (χ1) is 17.5. The van der Waals surface area contributed by atoms with E-state index in [9.17, 15) is 27.9 Å². The Bertz CT molecular complexity index is 1060. The van der Waals surface area contributed by atoms with Crippen molar-refractivity contribution in [1.82, 2.24) is 24.8 Å². The molecule has 1 aliphatic rings. The molecule has 2 heterocycles. The van der Waals surface area contributed by atoms with Gasteiger partial charge in [0, 0.05) is 39.0 Å². The number of para-hydroxylation sites is 1. The average Bonchev–Trinajstić information content (AvgIpc) is 3.30. The van der Waals surface area contributed by atoms with E-state index in [1.807, 2.05) is 6.92 Å². The summed E-state index contributed by atoms with van der Waals surface area (Å²) in [5.74, 6) is -0.399. The van der Waals surface area contributed by atoms with Crippen molar-refractivity contribution in [2.45, 2.75) is 58.2 Å². The summed E-state index contributed by atoms with van der Waals surface area (Å²) in [5.41, 5.74) is -0.583. The van der Waals surface area contributed by atoms with Crippen LogP contribution in [0.5, 0.6) is 0 Å². The van der Waals surface area contributed by atoms with Gasteiger partial charge in [0.2, 0.25) is 5.91 Å². The SMILES string of the molecule is C[C@@H]1CN([C@@H](C)CO)C(=O)CCCn2nncc2CO[C@H]1CN(C)C(=O)Nc1ccccc1C(F)(F)F. The first-order valence-electron chi connectivity index (χ1n) is 12.1. The van der Waals surface area contributed by atoms with Gasteiger partial charge in [-0.3, -0.25) is 4.79 Å². The van der Waals surface area contributed by atoms with Gasteiger partial charge >= 0.3 is 12.2 Å². The molecule has 1 aromatic carbocycles. The number of rotatable bonds is 5. The van der Waals surface area contributed by atoms with E-state index < -0.39 is 29.9 Å². The van der Waals surface area contributed by atoms with Gasteiger partial charge in [0.25, 0.3) is 0 Å². The first-order valence-corrected chi connectivity index (χ1v) is 12.1. The molecule has 10 nitrogen and oxygen atoms in total. The summed E-state index contributed by atoms with van der Waals surface area (Å²) in [5, 5.41) is 20.0. The quantitative estimate of drug-likeness (QED) is 0.620. The molecular weight excluding hydrogens is 493 g/mol. The molecule has 1 aliphatic heterocycles. The number of nitrogens with one attached hydrogen (secondary N) is 1. The number of carbonyl (C=O) groups excluding carboxylic acids is 2. The standard InChI is InChI=1S/C24H33F3N6O4/c1-16-12-32(17(2)14-34)22(35)9-6-10-33-18(11-28-30-33)15-37-21(16)13-31(3)23(36)29-20-8-5-4-7-19(20)24(25,26)27/h4-5,7-8,11,16-17,21,34H,6,9-10,12-15H2,1-3H3,(H,29,36)/t16-,17+,21+/m1/s1. The summed E-state index contributed by atoms with van der Waals surface area (Å²) in [6, 6.07) is 3.61. The lowest BCUT2D eigenvalue weighted by molar-refractivity contribution is -0.137. The molecule has 0 aliphatic carbocycles. The normalized spacial score (nSPS) is 20.4. The molecule has 0 saturated carbocycles. The lowest BCUT2D eigenvalue weighted by Crippen LogP contribution is -2.48. The molecule has 0 saturated heterocycles. The third-order valence-electron chi connectivity index (χ3n) is 6.41. The molecule has 2 aromatic rings. The van der Waals surface area contributed by atoms with Gasteiger partial charge in [-0.2, -0.15) is 13.2 Å². The Balaban J connectivity index is 1.79. The highest BCUT2D eigenvalue weighted by Gasteiger charge is 2.34. The van der Waals surface area contributed by atoms with Crippen LogP contribution in [0.4, 0.5) is 23.7 Å². The minimum Gasteiger partial charge on any atom is -0.394 e. The average molecular weight is 527 g/mol. The van der Waals surface area contributed by atoms with Gasteiger partial charge in [-0.15, -0.1) is 5.10 Å². The molecule has 0 radical (unpaired) electrons. The van der Waals surface area contributed by atoms with Gasteiger partial charge in [-0.1, -0.05) is 24.3 Å². The van der Waals surface area contributed by atoms with E-state index in [1.54, 1.807) is 22.7 Å². The number of aryl methyl sites for hydroxylation is 1. The van der Waals surface area contributed by atoms with Crippen LogP contribution in [0.15, 0.2) is 30.5 Å². The molecule has 3 rings (SSSR count). The number of carbonyl (C=O) groups is 2. The fraction of sp³-hybridized carbons (Fsp3) is 0.583. The fourth-order valence-corrected chi connectivity index (χ4v) is 4.15. The van der Waals surface area contributed by atoms with E-state index in [2.05, 4.69) is 15.6 Å². The van der Waals surface area contributed by atoms with Crippen molar-refractivity contribution in [3.8, 4) is 0 Å². The maximum atomic E-state index is 13.4. The Morgan fingerprint density at radius 2 is 2.08 bits per heavy atom. The third-order valence-corrected chi connectivity index (χ3v) is 6.41. The van der Waals surface area contributed by atoms with Crippen LogP contribution in [0, 0.1) is 5.92 Å². The van der Waals surface area contributed by atoms with Crippen molar-refractivity contribution >= 4 is 17.6 Å². The summed E-state index contributed by atoms with van der Waals surface area (Å²) in [7, 11) is 1.46. The number of hydrogen-bond acceptors (Lipinski definition) is 6. The van der Waals surface area contributed by atoms with Gasteiger partial charge in [-0.25, -0.2) is 9.48 Å². The second kappa shape index (κ2) is 12.4. The molecule has 3 amide bonds. The second-order valence-electron chi connectivity index (χ2n) is 9.31. The zero-order valence-electron chi connectivity index (χ0n) is 21.1. The van der Waals surface area contributed by atoms with Crippen LogP contribution in [0.1, 0.15) is 37.9 Å². The Kier molecular flexibility index (Phi) is 9.49. The molecular formula is C24H33F3N6O4. The van der Waals surface area contributed by atoms with E-state index in [0.29, 0.717) is 18.7 Å². The lowest BCUT2D eigenvalue weighted by Gasteiger charge is -2.35. The molecule has 3 atom stereocenters. The van der Waals surface area contributed by atoms with Gasteiger partial charge in [0.15, 0.2) is 0 Å². The van der Waals surface area contributed by atoms with Crippen LogP contribution in [0.25, 0.3) is 0 Å². The fourth-order valence-electron chi connectivity index (χ4n) is 4.15. The van der Waals surface area contributed by atoms with Gasteiger partial charge in [0.1, 0.15) is 0 Å². The smallest absolute Gasteiger partial charge is 0.394 e. The zero-order chi connectivity index (χ0) is 27.2. The number of fused-ring (bicyclic) bond motifs is 1. The number of halogens is 3. The molecule has 37 heavy (non-hydrogen) atoms. The maximum Gasteiger partial charge on any atom is 0.418 e. The van der Waals surface area contributed by atoms with Crippen LogP contribution < -0.4 is 5.32 Å². The molecule has 0 fully saturated rings. The number of anilines is 1. The third kappa shape index (κ3) is 7.41. The highest BCUT2D eigenvalue weighted by molar-refractivity contribution is 5.90. The number of likely N-dealkylation sites (N-methyl/N-ethyl adjacent to an activating group) is 1. The van der Waals surface area contributed by atoms with Crippen molar-refractivity contribution < 1.29 is 32.6 Å². The highest BCUT2D eigenvalue weighted by Crippen LogP contribution is 2.34. The molecule has 0 unspecified atom stereocenters. The van der Waals surface area contributed by atoms with Gasteiger partial charge < -0.3 is 25.0 Å². The lowest BCUT2D eigenvalue weighted by atomic mass is 10.0. The first kappa shape index (κ1) is 28.4. The monoisotopic (exact) mass is 526 g/mol. The van der Waals surface area contributed by atoms with Crippen molar-refractivity contribution in [2.75, 3.05) is 32.1 Å². The number of urea groups is 1. The number of aliphatic hydroxyl groups is 1. The van der Waals surface area contributed by atoms with E-state index >= 15 is 0 Å². The van der Waals surface area contributed by atoms with Crippen molar-refractivity contribution in [2.24, 2.45) is 5.92 Å². The molecule has 2 N–H and O–H groups in total. The maximum absolute atomic E-state index is 13.4. The molecule has 0 spiro atoms. The largest absolute Gasteiger partial charge is 0.418 e.